The number of nitrogens with zero attached hydrogens (tertiary/aromatic N) is 4. The molecule has 1 amide bonds. The fourth-order valence-corrected chi connectivity index (χ4v) is 5.84. The van der Waals surface area contributed by atoms with Gasteiger partial charge in [-0.3, -0.25) is 14.7 Å². The minimum absolute atomic E-state index is 0.0946. The minimum atomic E-state index is -4.54. The number of aryl methyl sites for hydroxylation is 1. The Balaban J connectivity index is 1.21. The molecule has 1 aromatic carbocycles. The number of pyridine rings is 2. The van der Waals surface area contributed by atoms with Gasteiger partial charge >= 0.3 is 6.18 Å². The van der Waals surface area contributed by atoms with E-state index in [1.165, 1.54) is 24.8 Å². The number of alkyl halides is 3. The standard InChI is InChI=1S/C30H33F3N6O3/c1-19-26(13-23(16-35-19)37-28(40)20-3-2-4-22(11-20)30(31,32)33)21-12-27(38-5-8-41-9-6-38)29(36-15-21)42-10-7-39-24-14-25(39)18-34-17-24/h2-4,11-13,15-16,24-25,34H,5-10,14,17-18H2,1H3,(H,37,40). The van der Waals surface area contributed by atoms with Gasteiger partial charge in [0, 0.05) is 73.4 Å². The van der Waals surface area contributed by atoms with E-state index in [1.54, 1.807) is 12.3 Å². The number of amides is 1. The zero-order chi connectivity index (χ0) is 29.3. The van der Waals surface area contributed by atoms with Crippen LogP contribution in [-0.4, -0.2) is 85.4 Å². The van der Waals surface area contributed by atoms with E-state index in [9.17, 15) is 18.0 Å². The van der Waals surface area contributed by atoms with Crippen LogP contribution in [0.4, 0.5) is 24.5 Å². The molecule has 12 heteroatoms. The van der Waals surface area contributed by atoms with Crippen molar-refractivity contribution in [2.24, 2.45) is 0 Å². The predicted octanol–water partition coefficient (Wildman–Crippen LogP) is 3.98. The second-order valence-corrected chi connectivity index (χ2v) is 10.8. The van der Waals surface area contributed by atoms with Gasteiger partial charge in [0.1, 0.15) is 12.3 Å². The molecule has 2 aromatic heterocycles. The molecule has 2 atom stereocenters. The van der Waals surface area contributed by atoms with E-state index < -0.39 is 17.6 Å². The summed E-state index contributed by atoms with van der Waals surface area (Å²) in [6.45, 7) is 7.89. The third kappa shape index (κ3) is 6.06. The molecule has 2 unspecified atom stereocenters. The van der Waals surface area contributed by atoms with Crippen LogP contribution in [0.5, 0.6) is 5.88 Å². The Hall–Kier alpha value is -3.74. The molecule has 0 spiro atoms. The van der Waals surface area contributed by atoms with Crippen LogP contribution in [-0.2, 0) is 10.9 Å². The summed E-state index contributed by atoms with van der Waals surface area (Å²) < 4.78 is 51.2. The van der Waals surface area contributed by atoms with Crippen LogP contribution in [0, 0.1) is 6.92 Å². The number of halogens is 3. The second kappa shape index (κ2) is 11.9. The highest BCUT2D eigenvalue weighted by Gasteiger charge is 2.40. The number of fused-ring (bicyclic) bond motifs is 2. The molecule has 0 aliphatic carbocycles. The highest BCUT2D eigenvalue weighted by Crippen LogP contribution is 2.35. The Kier molecular flexibility index (Phi) is 8.02. The number of aromatic nitrogens is 2. The lowest BCUT2D eigenvalue weighted by Gasteiger charge is -2.53. The Morgan fingerprint density at radius 3 is 2.64 bits per heavy atom. The number of ether oxygens (including phenoxy) is 2. The molecule has 222 valence electrons. The topological polar surface area (TPSA) is 91.8 Å². The van der Waals surface area contributed by atoms with E-state index in [0.29, 0.717) is 62.3 Å². The molecule has 3 fully saturated rings. The lowest BCUT2D eigenvalue weighted by atomic mass is 9.89. The summed E-state index contributed by atoms with van der Waals surface area (Å²) >= 11 is 0. The third-order valence-corrected chi connectivity index (χ3v) is 8.12. The van der Waals surface area contributed by atoms with Gasteiger partial charge in [-0.1, -0.05) is 6.07 Å². The van der Waals surface area contributed by atoms with Gasteiger partial charge in [-0.05, 0) is 43.7 Å². The lowest BCUT2D eigenvalue weighted by molar-refractivity contribution is -0.137. The first-order valence-electron chi connectivity index (χ1n) is 14.1. The molecule has 3 aliphatic rings. The quantitative estimate of drug-likeness (QED) is 0.412. The SMILES string of the molecule is Cc1ncc(NC(=O)c2cccc(C(F)(F)F)c2)cc1-c1cnc(OCCN2C3CNCC2C3)c(N2CCOCC2)c1. The van der Waals surface area contributed by atoms with Crippen LogP contribution in [0.3, 0.4) is 0 Å². The van der Waals surface area contributed by atoms with Crippen molar-refractivity contribution in [3.63, 3.8) is 0 Å². The first kappa shape index (κ1) is 28.4. The summed E-state index contributed by atoms with van der Waals surface area (Å²) in [5.74, 6) is -0.0974. The maximum Gasteiger partial charge on any atom is 0.416 e. The monoisotopic (exact) mass is 582 g/mol. The van der Waals surface area contributed by atoms with E-state index in [4.69, 9.17) is 14.5 Å². The van der Waals surface area contributed by atoms with Gasteiger partial charge in [0.2, 0.25) is 5.88 Å². The Bertz CT molecular complexity index is 1430. The molecule has 3 aliphatic heterocycles. The summed E-state index contributed by atoms with van der Waals surface area (Å²) in [5, 5.41) is 6.13. The van der Waals surface area contributed by atoms with Crippen LogP contribution in [0.1, 0.15) is 28.0 Å². The van der Waals surface area contributed by atoms with Crippen molar-refractivity contribution >= 4 is 17.3 Å². The number of morpholine rings is 1. The number of anilines is 2. The van der Waals surface area contributed by atoms with Gasteiger partial charge in [0.05, 0.1) is 30.7 Å². The number of piperazine rings is 1. The van der Waals surface area contributed by atoms with Crippen LogP contribution < -0.4 is 20.3 Å². The van der Waals surface area contributed by atoms with Crippen molar-refractivity contribution in [2.45, 2.75) is 31.6 Å². The van der Waals surface area contributed by atoms with Crippen LogP contribution >= 0.6 is 0 Å². The maximum atomic E-state index is 13.1. The molecule has 2 bridgehead atoms. The van der Waals surface area contributed by atoms with Crippen molar-refractivity contribution in [3.8, 4) is 17.0 Å². The van der Waals surface area contributed by atoms with E-state index >= 15 is 0 Å². The van der Waals surface area contributed by atoms with Gasteiger partial charge in [0.25, 0.3) is 5.91 Å². The maximum absolute atomic E-state index is 13.1. The molecule has 3 aromatic rings. The van der Waals surface area contributed by atoms with Crippen molar-refractivity contribution in [1.82, 2.24) is 20.2 Å². The van der Waals surface area contributed by atoms with Gasteiger partial charge in [-0.25, -0.2) is 4.98 Å². The molecular formula is C30H33F3N6O3. The smallest absolute Gasteiger partial charge is 0.416 e. The zero-order valence-electron chi connectivity index (χ0n) is 23.3. The average molecular weight is 583 g/mol. The molecule has 2 N–H and O–H groups in total. The van der Waals surface area contributed by atoms with E-state index in [1.807, 2.05) is 13.0 Å². The van der Waals surface area contributed by atoms with Gasteiger partial charge in [0.15, 0.2) is 0 Å². The van der Waals surface area contributed by atoms with Crippen LogP contribution in [0.25, 0.3) is 11.1 Å². The van der Waals surface area contributed by atoms with E-state index in [0.717, 1.165) is 48.6 Å². The van der Waals surface area contributed by atoms with Crippen molar-refractivity contribution in [1.29, 1.82) is 0 Å². The molecule has 5 heterocycles. The molecule has 42 heavy (non-hydrogen) atoms. The Morgan fingerprint density at radius 1 is 1.12 bits per heavy atom. The molecule has 9 nitrogen and oxygen atoms in total. The number of piperidine rings is 1. The predicted molar refractivity (Wildman–Crippen MR) is 152 cm³/mol. The van der Waals surface area contributed by atoms with Crippen molar-refractivity contribution in [3.05, 3.63) is 65.6 Å². The summed E-state index contributed by atoms with van der Waals surface area (Å²) in [6, 6.07) is 9.25. The minimum Gasteiger partial charge on any atom is -0.475 e. The number of rotatable bonds is 8. The average Bonchev–Trinajstić information content (AvgIpc) is 3.00. The summed E-state index contributed by atoms with van der Waals surface area (Å²) in [4.78, 5) is 26.6. The number of hydrogen-bond acceptors (Lipinski definition) is 8. The van der Waals surface area contributed by atoms with Gasteiger partial charge in [-0.15, -0.1) is 0 Å². The van der Waals surface area contributed by atoms with Crippen LogP contribution in [0.2, 0.25) is 0 Å². The number of benzene rings is 1. The molecule has 0 radical (unpaired) electrons. The summed E-state index contributed by atoms with van der Waals surface area (Å²) in [6.07, 6.45) is -0.0874. The van der Waals surface area contributed by atoms with Gasteiger partial charge in [-0.2, -0.15) is 13.2 Å². The zero-order valence-corrected chi connectivity index (χ0v) is 23.3. The molecular weight excluding hydrogens is 549 g/mol. The normalized spacial score (nSPS) is 20.6. The molecule has 3 saturated heterocycles. The second-order valence-electron chi connectivity index (χ2n) is 10.8. The highest BCUT2D eigenvalue weighted by molar-refractivity contribution is 6.04. The number of nitrogens with one attached hydrogen (secondary N) is 2. The summed E-state index contributed by atoms with van der Waals surface area (Å²) in [7, 11) is 0. The number of hydrogen-bond donors (Lipinski definition) is 2. The third-order valence-electron chi connectivity index (χ3n) is 8.12. The van der Waals surface area contributed by atoms with Crippen LogP contribution in [0.15, 0.2) is 48.8 Å². The first-order chi connectivity index (χ1) is 20.3. The fraction of sp³-hybridized carbons (Fsp3) is 0.433. The lowest BCUT2D eigenvalue weighted by Crippen LogP contribution is -2.68. The van der Waals surface area contributed by atoms with Gasteiger partial charge < -0.3 is 25.0 Å². The molecule has 0 saturated carbocycles. The molecule has 6 rings (SSSR count). The van der Waals surface area contributed by atoms with Crippen molar-refractivity contribution < 1.29 is 27.4 Å². The number of carbonyl (C=O) groups is 1. The first-order valence-corrected chi connectivity index (χ1v) is 14.1. The largest absolute Gasteiger partial charge is 0.475 e. The Morgan fingerprint density at radius 2 is 1.90 bits per heavy atom. The fourth-order valence-electron chi connectivity index (χ4n) is 5.84. The Labute approximate surface area is 242 Å². The number of carbonyl (C=O) groups excluding carboxylic acids is 1. The highest BCUT2D eigenvalue weighted by atomic mass is 19.4. The summed E-state index contributed by atoms with van der Waals surface area (Å²) in [5.41, 5.74) is 2.49. The van der Waals surface area contributed by atoms with E-state index in [2.05, 4.69) is 25.4 Å². The van der Waals surface area contributed by atoms with Crippen molar-refractivity contribution in [2.75, 3.05) is 62.8 Å². The van der Waals surface area contributed by atoms with E-state index in [-0.39, 0.29) is 5.56 Å².